The number of rotatable bonds is 2. The van der Waals surface area contributed by atoms with Crippen LogP contribution in [-0.2, 0) is 0 Å². The Morgan fingerprint density at radius 2 is 1.74 bits per heavy atom. The molecule has 0 N–H and O–H groups in total. The second kappa shape index (κ2) is 5.87. The summed E-state index contributed by atoms with van der Waals surface area (Å²) in [6.45, 7) is 1.54. The minimum atomic E-state index is 0.0861. The van der Waals surface area contributed by atoms with Crippen molar-refractivity contribution in [3.05, 3.63) is 41.7 Å². The van der Waals surface area contributed by atoms with Crippen molar-refractivity contribution in [3.63, 3.8) is 0 Å². The molecule has 1 saturated carbocycles. The van der Waals surface area contributed by atoms with E-state index in [4.69, 9.17) is 0 Å². The third kappa shape index (κ3) is 2.89. The zero-order valence-electron chi connectivity index (χ0n) is 11.4. The van der Waals surface area contributed by atoms with Crippen LogP contribution < -0.4 is 0 Å². The van der Waals surface area contributed by atoms with Gasteiger partial charge in [0, 0.05) is 12.6 Å². The minimum Gasteiger partial charge on any atom is -0.293 e. The fourth-order valence-corrected chi connectivity index (χ4v) is 3.44. The Bertz CT molecular complexity index is 446. The van der Waals surface area contributed by atoms with Crippen molar-refractivity contribution in [1.82, 2.24) is 4.90 Å². The maximum Gasteiger partial charge on any atom is 0.118 e. The zero-order chi connectivity index (χ0) is 13.1. The first-order valence-electron chi connectivity index (χ1n) is 7.51. The van der Waals surface area contributed by atoms with Crippen LogP contribution in [0.4, 0.5) is 4.39 Å². The molecule has 1 nitrogen and oxygen atoms in total. The Labute approximate surface area is 115 Å². The molecule has 1 aliphatic carbocycles. The SMILES string of the molecule is FC1=C(c2ccccc2)CCN(C2CCCCC2)C1. The number of hydrogen-bond acceptors (Lipinski definition) is 1. The number of halogens is 1. The summed E-state index contributed by atoms with van der Waals surface area (Å²) in [5.41, 5.74) is 1.98. The van der Waals surface area contributed by atoms with Crippen LogP contribution in [0.2, 0.25) is 0 Å². The van der Waals surface area contributed by atoms with Crippen molar-refractivity contribution in [1.29, 1.82) is 0 Å². The molecule has 0 unspecified atom stereocenters. The van der Waals surface area contributed by atoms with Crippen LogP contribution in [0.15, 0.2) is 36.2 Å². The van der Waals surface area contributed by atoms with Crippen molar-refractivity contribution in [2.45, 2.75) is 44.6 Å². The Balaban J connectivity index is 1.72. The second-order valence-electron chi connectivity index (χ2n) is 5.76. The van der Waals surface area contributed by atoms with E-state index in [0.29, 0.717) is 12.6 Å². The van der Waals surface area contributed by atoms with Gasteiger partial charge in [0.25, 0.3) is 0 Å². The first-order chi connectivity index (χ1) is 9.34. The third-order valence-electron chi connectivity index (χ3n) is 4.53. The molecule has 0 amide bonds. The van der Waals surface area contributed by atoms with E-state index in [1.165, 1.54) is 32.1 Å². The lowest BCUT2D eigenvalue weighted by Crippen LogP contribution is -2.40. The summed E-state index contributed by atoms with van der Waals surface area (Å²) in [7, 11) is 0. The quantitative estimate of drug-likeness (QED) is 0.760. The first kappa shape index (κ1) is 12.9. The van der Waals surface area contributed by atoms with Gasteiger partial charge in [-0.1, -0.05) is 49.6 Å². The number of benzene rings is 1. The second-order valence-corrected chi connectivity index (χ2v) is 5.76. The van der Waals surface area contributed by atoms with Crippen LogP contribution in [0.5, 0.6) is 0 Å². The van der Waals surface area contributed by atoms with E-state index >= 15 is 0 Å². The lowest BCUT2D eigenvalue weighted by atomic mass is 9.91. The van der Waals surface area contributed by atoms with Gasteiger partial charge in [-0.2, -0.15) is 0 Å². The van der Waals surface area contributed by atoms with Gasteiger partial charge >= 0.3 is 0 Å². The molecule has 19 heavy (non-hydrogen) atoms. The highest BCUT2D eigenvalue weighted by atomic mass is 19.1. The Kier molecular flexibility index (Phi) is 3.97. The predicted octanol–water partition coefficient (Wildman–Crippen LogP) is 4.41. The van der Waals surface area contributed by atoms with E-state index in [1.54, 1.807) is 0 Å². The fourth-order valence-electron chi connectivity index (χ4n) is 3.44. The largest absolute Gasteiger partial charge is 0.293 e. The third-order valence-corrected chi connectivity index (χ3v) is 4.53. The Hall–Kier alpha value is -1.15. The van der Waals surface area contributed by atoms with Gasteiger partial charge in [0.2, 0.25) is 0 Å². The Morgan fingerprint density at radius 3 is 2.42 bits per heavy atom. The normalized spacial score (nSPS) is 22.8. The van der Waals surface area contributed by atoms with E-state index in [9.17, 15) is 4.39 Å². The molecule has 1 aromatic carbocycles. The topological polar surface area (TPSA) is 3.24 Å². The molecular weight excluding hydrogens is 237 g/mol. The standard InChI is InChI=1S/C17H22FN/c18-17-13-19(15-9-5-2-6-10-15)12-11-16(17)14-7-3-1-4-8-14/h1,3-4,7-8,15H,2,5-6,9-13H2. The fraction of sp³-hybridized carbons (Fsp3) is 0.529. The van der Waals surface area contributed by atoms with Gasteiger partial charge in [0.15, 0.2) is 0 Å². The van der Waals surface area contributed by atoms with Crippen molar-refractivity contribution in [2.75, 3.05) is 13.1 Å². The predicted molar refractivity (Wildman–Crippen MR) is 77.5 cm³/mol. The molecule has 1 fully saturated rings. The van der Waals surface area contributed by atoms with Gasteiger partial charge in [-0.25, -0.2) is 4.39 Å². The van der Waals surface area contributed by atoms with Gasteiger partial charge in [0.05, 0.1) is 6.54 Å². The maximum absolute atomic E-state index is 14.4. The minimum absolute atomic E-state index is 0.0861. The molecular formula is C17H22FN. The lowest BCUT2D eigenvalue weighted by Gasteiger charge is -2.36. The lowest BCUT2D eigenvalue weighted by molar-refractivity contribution is 0.157. The number of nitrogens with zero attached hydrogens (tertiary/aromatic N) is 1. The van der Waals surface area contributed by atoms with E-state index in [-0.39, 0.29) is 5.83 Å². The molecule has 1 heterocycles. The summed E-state index contributed by atoms with van der Waals surface area (Å²) < 4.78 is 14.4. The summed E-state index contributed by atoms with van der Waals surface area (Å²) >= 11 is 0. The van der Waals surface area contributed by atoms with E-state index in [2.05, 4.69) is 4.90 Å². The molecule has 3 rings (SSSR count). The molecule has 0 spiro atoms. The number of hydrogen-bond donors (Lipinski definition) is 0. The van der Waals surface area contributed by atoms with Gasteiger partial charge in [0.1, 0.15) is 5.83 Å². The molecule has 1 aliphatic heterocycles. The molecule has 2 heteroatoms. The summed E-state index contributed by atoms with van der Waals surface area (Å²) in [5, 5.41) is 0. The molecule has 102 valence electrons. The van der Waals surface area contributed by atoms with Crippen LogP contribution >= 0.6 is 0 Å². The monoisotopic (exact) mass is 259 g/mol. The van der Waals surface area contributed by atoms with Crippen LogP contribution in [0.1, 0.15) is 44.1 Å². The summed E-state index contributed by atoms with van der Waals surface area (Å²) in [4.78, 5) is 2.36. The summed E-state index contributed by atoms with van der Waals surface area (Å²) in [6.07, 6.45) is 7.36. The Morgan fingerprint density at radius 1 is 1.00 bits per heavy atom. The first-order valence-corrected chi connectivity index (χ1v) is 7.51. The summed E-state index contributed by atoms with van der Waals surface area (Å²) in [6, 6.07) is 10.6. The van der Waals surface area contributed by atoms with Gasteiger partial charge in [-0.05, 0) is 30.4 Å². The van der Waals surface area contributed by atoms with E-state index in [0.717, 1.165) is 24.1 Å². The van der Waals surface area contributed by atoms with Crippen molar-refractivity contribution in [2.24, 2.45) is 0 Å². The maximum atomic E-state index is 14.4. The smallest absolute Gasteiger partial charge is 0.118 e. The average molecular weight is 259 g/mol. The van der Waals surface area contributed by atoms with E-state index in [1.807, 2.05) is 30.3 Å². The molecule has 0 bridgehead atoms. The molecule has 2 aliphatic rings. The van der Waals surface area contributed by atoms with Crippen molar-refractivity contribution in [3.8, 4) is 0 Å². The highest BCUT2D eigenvalue weighted by Gasteiger charge is 2.26. The van der Waals surface area contributed by atoms with Crippen LogP contribution in [0, 0.1) is 0 Å². The van der Waals surface area contributed by atoms with Gasteiger partial charge in [-0.3, -0.25) is 4.90 Å². The van der Waals surface area contributed by atoms with Gasteiger partial charge in [-0.15, -0.1) is 0 Å². The van der Waals surface area contributed by atoms with Gasteiger partial charge < -0.3 is 0 Å². The molecule has 0 saturated heterocycles. The zero-order valence-corrected chi connectivity index (χ0v) is 11.4. The highest BCUT2D eigenvalue weighted by molar-refractivity contribution is 5.68. The van der Waals surface area contributed by atoms with Crippen LogP contribution in [0.3, 0.4) is 0 Å². The van der Waals surface area contributed by atoms with Crippen molar-refractivity contribution >= 4 is 5.57 Å². The molecule has 0 aromatic heterocycles. The van der Waals surface area contributed by atoms with Crippen molar-refractivity contribution < 1.29 is 4.39 Å². The molecule has 0 atom stereocenters. The summed E-state index contributed by atoms with van der Waals surface area (Å²) in [5.74, 6) is 0.0861. The highest BCUT2D eigenvalue weighted by Crippen LogP contribution is 2.32. The molecule has 0 radical (unpaired) electrons. The average Bonchev–Trinajstić information content (AvgIpc) is 2.49. The molecule has 1 aromatic rings. The van der Waals surface area contributed by atoms with E-state index < -0.39 is 0 Å². The van der Waals surface area contributed by atoms with Crippen LogP contribution in [-0.4, -0.2) is 24.0 Å². The van der Waals surface area contributed by atoms with Crippen LogP contribution in [0.25, 0.3) is 5.57 Å².